The van der Waals surface area contributed by atoms with Crippen LogP contribution in [0.2, 0.25) is 0 Å². The minimum absolute atomic E-state index is 0.0195. The zero-order valence-electron chi connectivity index (χ0n) is 15.9. The van der Waals surface area contributed by atoms with Gasteiger partial charge in [-0.1, -0.05) is 48.0 Å². The summed E-state index contributed by atoms with van der Waals surface area (Å²) in [5.41, 5.74) is 1.67. The highest BCUT2D eigenvalue weighted by Crippen LogP contribution is 2.25. The van der Waals surface area contributed by atoms with E-state index in [2.05, 4.69) is 4.99 Å². The monoisotopic (exact) mass is 395 g/mol. The fraction of sp³-hybridized carbons (Fsp3) is 0.190. The van der Waals surface area contributed by atoms with Crippen molar-refractivity contribution < 1.29 is 5.11 Å². The van der Waals surface area contributed by atoms with Crippen molar-refractivity contribution in [3.63, 3.8) is 0 Å². The van der Waals surface area contributed by atoms with E-state index < -0.39 is 11.2 Å². The van der Waals surface area contributed by atoms with Gasteiger partial charge in [-0.3, -0.25) is 13.9 Å². The maximum Gasteiger partial charge on any atom is 0.333 e. The topological polar surface area (TPSA) is 76.6 Å². The van der Waals surface area contributed by atoms with E-state index in [1.54, 1.807) is 0 Å². The Morgan fingerprint density at radius 2 is 1.64 bits per heavy atom. The summed E-state index contributed by atoms with van der Waals surface area (Å²) >= 11 is 1.34. The molecule has 0 amide bonds. The van der Waals surface area contributed by atoms with Crippen LogP contribution in [0.25, 0.3) is 0 Å². The number of nitrogens with zero attached hydrogens (tertiary/aromatic N) is 3. The van der Waals surface area contributed by atoms with Gasteiger partial charge in [0.05, 0.1) is 5.69 Å². The Bertz CT molecular complexity index is 1130. The fourth-order valence-electron chi connectivity index (χ4n) is 2.64. The van der Waals surface area contributed by atoms with E-state index in [-0.39, 0.29) is 11.4 Å². The molecule has 28 heavy (non-hydrogen) atoms. The molecule has 1 heterocycles. The number of thioether (sulfide) groups is 1. The van der Waals surface area contributed by atoms with Crippen LogP contribution >= 0.6 is 11.8 Å². The first-order valence-electron chi connectivity index (χ1n) is 8.70. The fourth-order valence-corrected chi connectivity index (χ4v) is 3.63. The van der Waals surface area contributed by atoms with E-state index >= 15 is 0 Å². The van der Waals surface area contributed by atoms with Gasteiger partial charge in [-0.05, 0) is 24.6 Å². The van der Waals surface area contributed by atoms with Crippen molar-refractivity contribution in [1.29, 1.82) is 0 Å². The Balaban J connectivity index is 2.12. The predicted octanol–water partition coefficient (Wildman–Crippen LogP) is 3.11. The largest absolute Gasteiger partial charge is 0.494 e. The molecule has 0 aliphatic carbocycles. The Hall–Kier alpha value is -3.06. The molecule has 0 aliphatic heterocycles. The van der Waals surface area contributed by atoms with Crippen LogP contribution in [0.15, 0.2) is 69.2 Å². The second-order valence-electron chi connectivity index (χ2n) is 6.43. The molecule has 2 aromatic carbocycles. The van der Waals surface area contributed by atoms with Crippen molar-refractivity contribution >= 4 is 22.5 Å². The summed E-state index contributed by atoms with van der Waals surface area (Å²) in [6, 6.07) is 17.3. The number of aryl methyl sites for hydroxylation is 1. The number of hydrogen-bond donors (Lipinski definition) is 1. The summed E-state index contributed by atoms with van der Waals surface area (Å²) in [6.07, 6.45) is 0. The molecule has 3 aromatic rings. The number of hydrogen-bond acceptors (Lipinski definition) is 5. The molecule has 1 aromatic heterocycles. The lowest BCUT2D eigenvalue weighted by atomic mass is 10.2. The Morgan fingerprint density at radius 1 is 1.00 bits per heavy atom. The molecule has 6 nitrogen and oxygen atoms in total. The number of benzene rings is 2. The minimum Gasteiger partial charge on any atom is -0.494 e. The first-order valence-corrected chi connectivity index (χ1v) is 9.68. The van der Waals surface area contributed by atoms with Crippen LogP contribution in [0.3, 0.4) is 0 Å². The van der Waals surface area contributed by atoms with Gasteiger partial charge in [0.15, 0.2) is 0 Å². The maximum atomic E-state index is 12.8. The van der Waals surface area contributed by atoms with E-state index in [1.165, 1.54) is 25.9 Å². The molecular formula is C21H21N3O3S. The summed E-state index contributed by atoms with van der Waals surface area (Å²) in [5, 5.41) is 10.9. The van der Waals surface area contributed by atoms with E-state index in [1.807, 2.05) is 61.5 Å². The summed E-state index contributed by atoms with van der Waals surface area (Å²) in [5.74, 6) is 0.177. The molecule has 0 radical (unpaired) electrons. The quantitative estimate of drug-likeness (QED) is 0.544. The first kappa shape index (κ1) is 19.7. The third kappa shape index (κ3) is 4.09. The van der Waals surface area contributed by atoms with Gasteiger partial charge in [0.1, 0.15) is 10.6 Å². The van der Waals surface area contributed by atoms with E-state index in [0.717, 1.165) is 20.3 Å². The third-order valence-corrected chi connectivity index (χ3v) is 5.38. The molecule has 3 rings (SSSR count). The van der Waals surface area contributed by atoms with Crippen molar-refractivity contribution in [3.8, 4) is 5.88 Å². The van der Waals surface area contributed by atoms with Crippen LogP contribution in [0, 0.1) is 6.92 Å². The molecule has 0 saturated carbocycles. The first-order chi connectivity index (χ1) is 13.4. The summed E-state index contributed by atoms with van der Waals surface area (Å²) in [4.78, 5) is 29.4. The number of aromatic nitrogens is 2. The molecule has 144 valence electrons. The molecule has 1 N–H and O–H groups in total. The highest BCUT2D eigenvalue weighted by atomic mass is 32.2. The highest BCUT2D eigenvalue weighted by Gasteiger charge is 2.21. The molecule has 0 fully saturated rings. The van der Waals surface area contributed by atoms with E-state index in [4.69, 9.17) is 0 Å². The number of aromatic hydroxyl groups is 1. The smallest absolute Gasteiger partial charge is 0.333 e. The molecule has 0 bridgehead atoms. The van der Waals surface area contributed by atoms with Crippen molar-refractivity contribution in [1.82, 2.24) is 9.13 Å². The molecule has 0 spiro atoms. The lowest BCUT2D eigenvalue weighted by Gasteiger charge is -2.12. The van der Waals surface area contributed by atoms with Crippen LogP contribution in [-0.4, -0.2) is 19.3 Å². The van der Waals surface area contributed by atoms with Crippen LogP contribution < -0.4 is 11.2 Å². The minimum atomic E-state index is -0.589. The van der Waals surface area contributed by atoms with Crippen LogP contribution in [-0.2, 0) is 19.8 Å². The van der Waals surface area contributed by atoms with Gasteiger partial charge in [-0.15, -0.1) is 11.8 Å². The van der Waals surface area contributed by atoms with Gasteiger partial charge in [0.25, 0.3) is 5.56 Å². The van der Waals surface area contributed by atoms with Crippen molar-refractivity contribution in [2.75, 3.05) is 0 Å². The standard InChI is InChI=1S/C21H21N3O3S/c1-14-9-11-16(12-10-14)22-18(28-13-15-7-5-4-6-8-15)17-19(25)23(2)21(27)24(3)20(17)26/h4-12,25H,13H2,1-3H3. The normalized spacial score (nSPS) is 11.6. The lowest BCUT2D eigenvalue weighted by molar-refractivity contribution is 0.410. The summed E-state index contributed by atoms with van der Waals surface area (Å²) in [6.45, 7) is 1.98. The van der Waals surface area contributed by atoms with Gasteiger partial charge < -0.3 is 5.11 Å². The number of rotatable bonds is 4. The molecule has 7 heteroatoms. The van der Waals surface area contributed by atoms with Crippen molar-refractivity contribution in [2.45, 2.75) is 12.7 Å². The SMILES string of the molecule is Cc1ccc(N=C(SCc2ccccc2)c2c(O)n(C)c(=O)n(C)c2=O)cc1. The molecule has 0 unspecified atom stereocenters. The van der Waals surface area contributed by atoms with Gasteiger partial charge in [0, 0.05) is 19.8 Å². The van der Waals surface area contributed by atoms with Gasteiger partial charge in [-0.25, -0.2) is 9.79 Å². The summed E-state index contributed by atoms with van der Waals surface area (Å²) in [7, 11) is 2.81. The average Bonchev–Trinajstić information content (AvgIpc) is 2.71. The zero-order chi connectivity index (χ0) is 20.3. The molecular weight excluding hydrogens is 374 g/mol. The lowest BCUT2D eigenvalue weighted by Crippen LogP contribution is -2.39. The second-order valence-corrected chi connectivity index (χ2v) is 7.40. The average molecular weight is 395 g/mol. The summed E-state index contributed by atoms with van der Waals surface area (Å²) < 4.78 is 2.02. The van der Waals surface area contributed by atoms with Crippen molar-refractivity contribution in [2.24, 2.45) is 19.1 Å². The van der Waals surface area contributed by atoms with Gasteiger partial charge >= 0.3 is 5.69 Å². The Labute approximate surface area is 166 Å². The zero-order valence-corrected chi connectivity index (χ0v) is 16.7. The number of aliphatic imine (C=N–C) groups is 1. The van der Waals surface area contributed by atoms with Gasteiger partial charge in [0.2, 0.25) is 5.88 Å². The van der Waals surface area contributed by atoms with Crippen LogP contribution in [0.4, 0.5) is 5.69 Å². The molecule has 0 aliphatic rings. The van der Waals surface area contributed by atoms with Gasteiger partial charge in [-0.2, -0.15) is 0 Å². The second kappa shape index (κ2) is 8.31. The molecule has 0 atom stereocenters. The van der Waals surface area contributed by atoms with Crippen LogP contribution in [0.1, 0.15) is 16.7 Å². The van der Waals surface area contributed by atoms with E-state index in [0.29, 0.717) is 16.5 Å². The van der Waals surface area contributed by atoms with E-state index in [9.17, 15) is 14.7 Å². The molecule has 0 saturated heterocycles. The Kier molecular flexibility index (Phi) is 5.84. The predicted molar refractivity (Wildman–Crippen MR) is 114 cm³/mol. The highest BCUT2D eigenvalue weighted by molar-refractivity contribution is 8.13. The van der Waals surface area contributed by atoms with Crippen molar-refractivity contribution in [3.05, 3.63) is 92.1 Å². The third-order valence-electron chi connectivity index (χ3n) is 4.33. The van der Waals surface area contributed by atoms with Crippen LogP contribution in [0.5, 0.6) is 5.88 Å². The Morgan fingerprint density at radius 3 is 2.29 bits per heavy atom. The maximum absolute atomic E-state index is 12.8.